The first-order chi connectivity index (χ1) is 8.80. The molecule has 0 saturated heterocycles. The van der Waals surface area contributed by atoms with Crippen molar-refractivity contribution >= 4 is 6.09 Å². The maximum atomic E-state index is 10.8. The Morgan fingerprint density at radius 2 is 1.79 bits per heavy atom. The van der Waals surface area contributed by atoms with Gasteiger partial charge in [0.05, 0.1) is 6.10 Å². The van der Waals surface area contributed by atoms with Crippen molar-refractivity contribution in [2.45, 2.75) is 45.8 Å². The highest BCUT2D eigenvalue weighted by Gasteiger charge is 2.26. The SMILES string of the molecule is CC(C)(C)C(CC[C@@H](O)c1ccccc1)NC(=O)O. The molecule has 0 heterocycles. The van der Waals surface area contributed by atoms with Crippen LogP contribution in [-0.4, -0.2) is 22.3 Å². The minimum atomic E-state index is -1.02. The maximum Gasteiger partial charge on any atom is 0.404 e. The molecule has 0 aliphatic rings. The molecule has 0 bridgehead atoms. The Bertz CT molecular complexity index is 398. The van der Waals surface area contributed by atoms with Gasteiger partial charge in [0.15, 0.2) is 0 Å². The first kappa shape index (κ1) is 15.5. The summed E-state index contributed by atoms with van der Waals surface area (Å²) in [5.74, 6) is 0. The molecule has 0 spiro atoms. The van der Waals surface area contributed by atoms with Crippen molar-refractivity contribution in [2.24, 2.45) is 5.41 Å². The van der Waals surface area contributed by atoms with Crippen LogP contribution in [0.4, 0.5) is 4.79 Å². The highest BCUT2D eigenvalue weighted by atomic mass is 16.4. The summed E-state index contributed by atoms with van der Waals surface area (Å²) in [5, 5.41) is 21.5. The van der Waals surface area contributed by atoms with Crippen LogP contribution in [0.1, 0.15) is 45.3 Å². The Morgan fingerprint density at radius 1 is 1.21 bits per heavy atom. The van der Waals surface area contributed by atoms with E-state index in [9.17, 15) is 9.90 Å². The third-order valence-electron chi connectivity index (χ3n) is 3.26. The molecule has 4 heteroatoms. The summed E-state index contributed by atoms with van der Waals surface area (Å²) in [5.41, 5.74) is 0.694. The lowest BCUT2D eigenvalue weighted by Crippen LogP contribution is -2.43. The maximum absolute atomic E-state index is 10.8. The number of hydrogen-bond donors (Lipinski definition) is 3. The summed E-state index contributed by atoms with van der Waals surface area (Å²) < 4.78 is 0. The second-order valence-corrected chi connectivity index (χ2v) is 5.87. The molecule has 0 fully saturated rings. The largest absolute Gasteiger partial charge is 0.465 e. The minimum Gasteiger partial charge on any atom is -0.465 e. The van der Waals surface area contributed by atoms with Gasteiger partial charge in [-0.1, -0.05) is 51.1 Å². The molecule has 2 atom stereocenters. The zero-order valence-electron chi connectivity index (χ0n) is 11.8. The normalized spacial score (nSPS) is 14.7. The Balaban J connectivity index is 2.59. The molecule has 1 rings (SSSR count). The zero-order valence-corrected chi connectivity index (χ0v) is 11.8. The Morgan fingerprint density at radius 3 is 2.26 bits per heavy atom. The molecule has 0 aliphatic carbocycles. The van der Waals surface area contributed by atoms with Gasteiger partial charge < -0.3 is 15.5 Å². The van der Waals surface area contributed by atoms with Crippen LogP contribution in [0.15, 0.2) is 30.3 Å². The zero-order chi connectivity index (χ0) is 14.5. The van der Waals surface area contributed by atoms with E-state index < -0.39 is 12.2 Å². The van der Waals surface area contributed by atoms with Crippen molar-refractivity contribution in [3.8, 4) is 0 Å². The molecule has 106 valence electrons. The van der Waals surface area contributed by atoms with Gasteiger partial charge in [-0.05, 0) is 23.8 Å². The summed E-state index contributed by atoms with van der Waals surface area (Å²) in [6.07, 6.45) is -0.436. The van der Waals surface area contributed by atoms with Crippen molar-refractivity contribution in [1.82, 2.24) is 5.32 Å². The molecule has 3 N–H and O–H groups in total. The molecule has 19 heavy (non-hydrogen) atoms. The summed E-state index contributed by atoms with van der Waals surface area (Å²) in [4.78, 5) is 10.8. The Labute approximate surface area is 114 Å². The quantitative estimate of drug-likeness (QED) is 0.765. The number of hydrogen-bond acceptors (Lipinski definition) is 2. The van der Waals surface area contributed by atoms with Crippen molar-refractivity contribution < 1.29 is 15.0 Å². The molecule has 0 radical (unpaired) electrons. The van der Waals surface area contributed by atoms with Crippen molar-refractivity contribution in [3.63, 3.8) is 0 Å². The van der Waals surface area contributed by atoms with Gasteiger partial charge in [0.25, 0.3) is 0 Å². The molecule has 1 aromatic rings. The third kappa shape index (κ3) is 5.30. The molecular weight excluding hydrogens is 242 g/mol. The van der Waals surface area contributed by atoms with Crippen molar-refractivity contribution in [2.75, 3.05) is 0 Å². The lowest BCUT2D eigenvalue weighted by atomic mass is 9.83. The van der Waals surface area contributed by atoms with Crippen molar-refractivity contribution in [1.29, 1.82) is 0 Å². The van der Waals surface area contributed by atoms with Gasteiger partial charge in [0.1, 0.15) is 0 Å². The fraction of sp³-hybridized carbons (Fsp3) is 0.533. The topological polar surface area (TPSA) is 69.6 Å². The predicted molar refractivity (Wildman–Crippen MR) is 75.0 cm³/mol. The Kier molecular flexibility index (Phi) is 5.36. The smallest absolute Gasteiger partial charge is 0.404 e. The van der Waals surface area contributed by atoms with Crippen LogP contribution in [0.5, 0.6) is 0 Å². The summed E-state index contributed by atoms with van der Waals surface area (Å²) >= 11 is 0. The van der Waals surface area contributed by atoms with Gasteiger partial charge >= 0.3 is 6.09 Å². The number of rotatable bonds is 5. The van der Waals surface area contributed by atoms with E-state index in [-0.39, 0.29) is 11.5 Å². The van der Waals surface area contributed by atoms with Gasteiger partial charge in [-0.2, -0.15) is 0 Å². The molecule has 0 saturated carbocycles. The number of nitrogens with one attached hydrogen (secondary N) is 1. The van der Waals surface area contributed by atoms with Crippen LogP contribution in [0.25, 0.3) is 0 Å². The predicted octanol–water partition coefficient (Wildman–Crippen LogP) is 3.18. The molecule has 1 amide bonds. The highest BCUT2D eigenvalue weighted by molar-refractivity contribution is 5.64. The standard InChI is InChI=1S/C15H23NO3/c1-15(2,3)13(16-14(18)19)10-9-12(17)11-7-5-4-6-8-11/h4-8,12-13,16-17H,9-10H2,1-3H3,(H,18,19)/t12-,13?/m1/s1. The molecule has 0 aromatic heterocycles. The molecule has 1 unspecified atom stereocenters. The van der Waals surface area contributed by atoms with E-state index in [1.54, 1.807) is 0 Å². The monoisotopic (exact) mass is 265 g/mol. The molecule has 1 aromatic carbocycles. The van der Waals surface area contributed by atoms with E-state index in [4.69, 9.17) is 5.11 Å². The number of carbonyl (C=O) groups is 1. The minimum absolute atomic E-state index is 0.172. The molecule has 4 nitrogen and oxygen atoms in total. The number of benzene rings is 1. The van der Waals surface area contributed by atoms with Gasteiger partial charge in [-0.25, -0.2) is 4.79 Å². The summed E-state index contributed by atoms with van der Waals surface area (Å²) in [6, 6.07) is 9.25. The second kappa shape index (κ2) is 6.57. The lowest BCUT2D eigenvalue weighted by Gasteiger charge is -2.31. The van der Waals surface area contributed by atoms with Gasteiger partial charge in [0, 0.05) is 6.04 Å². The van der Waals surface area contributed by atoms with Crippen molar-refractivity contribution in [3.05, 3.63) is 35.9 Å². The fourth-order valence-electron chi connectivity index (χ4n) is 2.04. The third-order valence-corrected chi connectivity index (χ3v) is 3.26. The summed E-state index contributed by atoms with van der Waals surface area (Å²) in [7, 11) is 0. The van der Waals surface area contributed by atoms with Crippen LogP contribution in [0.2, 0.25) is 0 Å². The average Bonchev–Trinajstić information content (AvgIpc) is 2.33. The van der Waals surface area contributed by atoms with Gasteiger partial charge in [-0.15, -0.1) is 0 Å². The lowest BCUT2D eigenvalue weighted by molar-refractivity contribution is 0.138. The van der Waals surface area contributed by atoms with Crippen LogP contribution < -0.4 is 5.32 Å². The number of amides is 1. The van der Waals surface area contributed by atoms with E-state index in [1.165, 1.54) is 0 Å². The fourth-order valence-corrected chi connectivity index (χ4v) is 2.04. The van der Waals surface area contributed by atoms with Crippen LogP contribution in [0.3, 0.4) is 0 Å². The Hall–Kier alpha value is -1.55. The van der Waals surface area contributed by atoms with E-state index in [1.807, 2.05) is 51.1 Å². The number of carboxylic acid groups (broad SMARTS) is 1. The van der Waals surface area contributed by atoms with E-state index in [0.29, 0.717) is 12.8 Å². The van der Waals surface area contributed by atoms with E-state index in [0.717, 1.165) is 5.56 Å². The average molecular weight is 265 g/mol. The highest BCUT2D eigenvalue weighted by Crippen LogP contribution is 2.26. The number of aliphatic hydroxyl groups excluding tert-OH is 1. The van der Waals surface area contributed by atoms with Crippen LogP contribution >= 0.6 is 0 Å². The van der Waals surface area contributed by atoms with Crippen LogP contribution in [-0.2, 0) is 0 Å². The molecule has 0 aliphatic heterocycles. The van der Waals surface area contributed by atoms with Gasteiger partial charge in [-0.3, -0.25) is 0 Å². The first-order valence-electron chi connectivity index (χ1n) is 6.53. The first-order valence-corrected chi connectivity index (χ1v) is 6.53. The summed E-state index contributed by atoms with van der Waals surface area (Å²) in [6.45, 7) is 5.97. The van der Waals surface area contributed by atoms with E-state index in [2.05, 4.69) is 5.32 Å². The molecular formula is C15H23NO3. The van der Waals surface area contributed by atoms with Gasteiger partial charge in [0.2, 0.25) is 0 Å². The van der Waals surface area contributed by atoms with E-state index >= 15 is 0 Å². The second-order valence-electron chi connectivity index (χ2n) is 5.87. The van der Waals surface area contributed by atoms with Crippen LogP contribution in [0, 0.1) is 5.41 Å². The number of aliphatic hydroxyl groups is 1.